The third-order valence-electron chi connectivity index (χ3n) is 5.11. The summed E-state index contributed by atoms with van der Waals surface area (Å²) >= 11 is 0. The molecule has 1 aromatic carbocycles. The number of nitrogens with one attached hydrogen (secondary N) is 1. The highest BCUT2D eigenvalue weighted by atomic mass is 16.5. The number of carbonyl (C=O) groups is 2. The van der Waals surface area contributed by atoms with E-state index in [0.29, 0.717) is 30.9 Å². The third kappa shape index (κ3) is 4.07. The van der Waals surface area contributed by atoms with Crippen LogP contribution in [0.25, 0.3) is 0 Å². The van der Waals surface area contributed by atoms with Gasteiger partial charge in [-0.15, -0.1) is 5.01 Å². The van der Waals surface area contributed by atoms with Gasteiger partial charge in [0.15, 0.2) is 11.5 Å². The molecule has 2 fully saturated rings. The summed E-state index contributed by atoms with van der Waals surface area (Å²) in [5.41, 5.74) is -0.0337. The third-order valence-corrected chi connectivity index (χ3v) is 5.11. The zero-order valence-electron chi connectivity index (χ0n) is 16.0. The topological polar surface area (TPSA) is 80.2 Å². The average Bonchev–Trinajstić information content (AvgIpc) is 2.90. The van der Waals surface area contributed by atoms with Crippen LogP contribution in [0.3, 0.4) is 0 Å². The minimum absolute atomic E-state index is 0.253. The summed E-state index contributed by atoms with van der Waals surface area (Å²) in [4.78, 5) is 25.0. The quantitative estimate of drug-likeness (QED) is 0.451. The molecule has 2 aliphatic rings. The Bertz CT molecular complexity index is 726. The second-order valence-corrected chi connectivity index (χ2v) is 7.05. The van der Waals surface area contributed by atoms with E-state index in [1.54, 1.807) is 19.2 Å². The number of hydrogen-bond acceptors (Lipinski definition) is 5. The van der Waals surface area contributed by atoms with Gasteiger partial charge in [-0.3, -0.25) is 4.79 Å². The number of unbranched alkanes of at least 4 members (excludes halogenated alkanes) is 1. The summed E-state index contributed by atoms with van der Waals surface area (Å²) in [6.07, 6.45) is 7.85. The molecule has 0 aromatic heterocycles. The Morgan fingerprint density at radius 2 is 2.00 bits per heavy atom. The van der Waals surface area contributed by atoms with Gasteiger partial charge in [-0.2, -0.15) is 5.10 Å². The number of ether oxygens (including phenoxy) is 2. The molecule has 1 aliphatic heterocycles. The molecule has 0 unspecified atom stereocenters. The van der Waals surface area contributed by atoms with Gasteiger partial charge in [0.1, 0.15) is 5.54 Å². The Balaban J connectivity index is 1.74. The Morgan fingerprint density at radius 3 is 2.70 bits per heavy atom. The molecule has 7 nitrogen and oxygen atoms in total. The van der Waals surface area contributed by atoms with Gasteiger partial charge in [-0.05, 0) is 43.0 Å². The Morgan fingerprint density at radius 1 is 1.22 bits per heavy atom. The van der Waals surface area contributed by atoms with Crippen molar-refractivity contribution in [3.63, 3.8) is 0 Å². The molecule has 7 heteroatoms. The number of rotatable bonds is 7. The van der Waals surface area contributed by atoms with Gasteiger partial charge in [0.25, 0.3) is 5.91 Å². The smallest absolute Gasteiger partial charge is 0.346 e. The molecule has 1 aromatic rings. The van der Waals surface area contributed by atoms with Crippen LogP contribution in [0.15, 0.2) is 23.3 Å². The second-order valence-electron chi connectivity index (χ2n) is 7.05. The van der Waals surface area contributed by atoms with Crippen molar-refractivity contribution < 1.29 is 19.1 Å². The highest BCUT2D eigenvalue weighted by Gasteiger charge is 2.51. The molecule has 1 saturated carbocycles. The van der Waals surface area contributed by atoms with E-state index in [0.717, 1.165) is 42.7 Å². The van der Waals surface area contributed by atoms with Crippen LogP contribution in [-0.2, 0) is 4.79 Å². The number of amides is 3. The van der Waals surface area contributed by atoms with E-state index in [9.17, 15) is 9.59 Å². The fraction of sp³-hybridized carbons (Fsp3) is 0.550. The SMILES string of the molecule is CCCCOc1cc(/C=N\N2C(=O)NC3(CCCCC3)C2=O)ccc1OC. The summed E-state index contributed by atoms with van der Waals surface area (Å²) in [5, 5.41) is 7.95. The lowest BCUT2D eigenvalue weighted by atomic mass is 9.82. The fourth-order valence-corrected chi connectivity index (χ4v) is 3.54. The molecule has 27 heavy (non-hydrogen) atoms. The van der Waals surface area contributed by atoms with Crippen LogP contribution in [0.2, 0.25) is 0 Å². The van der Waals surface area contributed by atoms with Crippen molar-refractivity contribution in [3.05, 3.63) is 23.8 Å². The number of methoxy groups -OCH3 is 1. The van der Waals surface area contributed by atoms with Crippen LogP contribution >= 0.6 is 0 Å². The number of urea groups is 1. The van der Waals surface area contributed by atoms with E-state index in [4.69, 9.17) is 9.47 Å². The van der Waals surface area contributed by atoms with Gasteiger partial charge >= 0.3 is 6.03 Å². The van der Waals surface area contributed by atoms with Crippen molar-refractivity contribution in [2.24, 2.45) is 5.10 Å². The van der Waals surface area contributed by atoms with Crippen molar-refractivity contribution in [2.45, 2.75) is 57.4 Å². The van der Waals surface area contributed by atoms with Crippen LogP contribution in [-0.4, -0.2) is 42.4 Å². The van der Waals surface area contributed by atoms with E-state index < -0.39 is 11.6 Å². The monoisotopic (exact) mass is 373 g/mol. The van der Waals surface area contributed by atoms with Crippen molar-refractivity contribution in [1.29, 1.82) is 0 Å². The van der Waals surface area contributed by atoms with Crippen LogP contribution in [0, 0.1) is 0 Å². The zero-order valence-corrected chi connectivity index (χ0v) is 16.0. The number of carbonyl (C=O) groups excluding carboxylic acids is 2. The van der Waals surface area contributed by atoms with E-state index in [1.165, 1.54) is 6.21 Å². The molecule has 3 amide bonds. The maximum atomic E-state index is 12.7. The van der Waals surface area contributed by atoms with E-state index >= 15 is 0 Å². The van der Waals surface area contributed by atoms with Crippen molar-refractivity contribution in [3.8, 4) is 11.5 Å². The van der Waals surface area contributed by atoms with Crippen molar-refractivity contribution in [1.82, 2.24) is 10.3 Å². The maximum Gasteiger partial charge on any atom is 0.346 e. The predicted molar refractivity (Wildman–Crippen MR) is 102 cm³/mol. The highest BCUT2D eigenvalue weighted by Crippen LogP contribution is 2.34. The van der Waals surface area contributed by atoms with Gasteiger partial charge in [-0.1, -0.05) is 32.6 Å². The molecule has 3 rings (SSSR count). The lowest BCUT2D eigenvalue weighted by Gasteiger charge is -2.29. The Labute approximate surface area is 159 Å². The van der Waals surface area contributed by atoms with Crippen molar-refractivity contribution >= 4 is 18.2 Å². The van der Waals surface area contributed by atoms with Gasteiger partial charge < -0.3 is 14.8 Å². The van der Waals surface area contributed by atoms with Crippen LogP contribution in [0.5, 0.6) is 11.5 Å². The molecule has 1 N–H and O–H groups in total. The molecule has 1 spiro atoms. The molecule has 146 valence electrons. The van der Waals surface area contributed by atoms with Crippen LogP contribution < -0.4 is 14.8 Å². The zero-order chi connectivity index (χ0) is 19.3. The molecule has 0 atom stereocenters. The summed E-state index contributed by atoms with van der Waals surface area (Å²) < 4.78 is 11.1. The van der Waals surface area contributed by atoms with Gasteiger partial charge in [-0.25, -0.2) is 4.79 Å². The summed E-state index contributed by atoms with van der Waals surface area (Å²) in [6, 6.07) is 4.94. The number of hydrogen-bond donors (Lipinski definition) is 1. The summed E-state index contributed by atoms with van der Waals surface area (Å²) in [7, 11) is 1.59. The Hall–Kier alpha value is -2.57. The minimum Gasteiger partial charge on any atom is -0.493 e. The van der Waals surface area contributed by atoms with E-state index in [1.807, 2.05) is 6.07 Å². The molecule has 1 heterocycles. The lowest BCUT2D eigenvalue weighted by Crippen LogP contribution is -2.48. The first-order valence-corrected chi connectivity index (χ1v) is 9.61. The maximum absolute atomic E-state index is 12.7. The fourth-order valence-electron chi connectivity index (χ4n) is 3.54. The molecule has 1 aliphatic carbocycles. The second kappa shape index (κ2) is 8.41. The molecular formula is C20H27N3O4. The normalized spacial score (nSPS) is 19.0. The number of nitrogens with zero attached hydrogens (tertiary/aromatic N) is 2. The summed E-state index contributed by atoms with van der Waals surface area (Å²) in [6.45, 7) is 2.70. The van der Waals surface area contributed by atoms with Gasteiger partial charge in [0.2, 0.25) is 0 Å². The molecule has 0 bridgehead atoms. The lowest BCUT2D eigenvalue weighted by molar-refractivity contribution is -0.132. The molecule has 0 radical (unpaired) electrons. The van der Waals surface area contributed by atoms with Crippen LogP contribution in [0.1, 0.15) is 57.4 Å². The van der Waals surface area contributed by atoms with Gasteiger partial charge in [0.05, 0.1) is 19.9 Å². The minimum atomic E-state index is -0.763. The van der Waals surface area contributed by atoms with E-state index in [2.05, 4.69) is 17.3 Å². The molecule has 1 saturated heterocycles. The Kier molecular flexibility index (Phi) is 5.98. The van der Waals surface area contributed by atoms with Gasteiger partial charge in [0, 0.05) is 0 Å². The number of imide groups is 1. The first-order chi connectivity index (χ1) is 13.1. The average molecular weight is 373 g/mol. The number of hydrazone groups is 1. The largest absolute Gasteiger partial charge is 0.493 e. The van der Waals surface area contributed by atoms with E-state index in [-0.39, 0.29) is 5.91 Å². The molecular weight excluding hydrogens is 346 g/mol. The van der Waals surface area contributed by atoms with Crippen LogP contribution in [0.4, 0.5) is 4.79 Å². The summed E-state index contributed by atoms with van der Waals surface area (Å²) in [5.74, 6) is 1.01. The van der Waals surface area contributed by atoms with Crippen molar-refractivity contribution in [2.75, 3.05) is 13.7 Å². The first kappa shape index (κ1) is 19.2. The highest BCUT2D eigenvalue weighted by molar-refractivity contribution is 6.07. The standard InChI is InChI=1S/C20H27N3O4/c1-3-4-12-27-17-13-15(8-9-16(17)26-2)14-21-23-18(24)20(22-19(23)25)10-6-5-7-11-20/h8-9,13-14H,3-7,10-12H2,1-2H3,(H,22,25)/b21-14-. The first-order valence-electron chi connectivity index (χ1n) is 9.61. The predicted octanol–water partition coefficient (Wildman–Crippen LogP) is 3.46. The number of benzene rings is 1.